The Morgan fingerprint density at radius 2 is 2.15 bits per heavy atom. The van der Waals surface area contributed by atoms with Crippen LogP contribution in [0.25, 0.3) is 5.65 Å². The standard InChI is InChI=1S/C20H22N4O2S/c1-14(19-23-22-18-10-4-5-11-24(18)19)21-20(25)16-8-2-3-9-17(16)27-13-15-7-6-12-26-15/h2-5,8-11,14-15H,6-7,12-13H2,1H3,(H,21,25). The summed E-state index contributed by atoms with van der Waals surface area (Å²) >= 11 is 1.68. The third kappa shape index (κ3) is 3.99. The first-order valence-electron chi connectivity index (χ1n) is 9.16. The zero-order valence-corrected chi connectivity index (χ0v) is 16.0. The summed E-state index contributed by atoms with van der Waals surface area (Å²) in [5.41, 5.74) is 1.45. The van der Waals surface area contributed by atoms with Crippen molar-refractivity contribution in [3.05, 3.63) is 60.0 Å². The van der Waals surface area contributed by atoms with Gasteiger partial charge in [-0.3, -0.25) is 9.20 Å². The number of fused-ring (bicyclic) bond motifs is 1. The zero-order chi connectivity index (χ0) is 18.6. The van der Waals surface area contributed by atoms with Crippen molar-refractivity contribution < 1.29 is 9.53 Å². The van der Waals surface area contributed by atoms with Crippen molar-refractivity contribution in [1.82, 2.24) is 19.9 Å². The lowest BCUT2D eigenvalue weighted by Gasteiger charge is -2.15. The highest BCUT2D eigenvalue weighted by Crippen LogP contribution is 2.27. The number of pyridine rings is 1. The van der Waals surface area contributed by atoms with Gasteiger partial charge in [0.2, 0.25) is 0 Å². The minimum atomic E-state index is -0.258. The summed E-state index contributed by atoms with van der Waals surface area (Å²) < 4.78 is 7.58. The van der Waals surface area contributed by atoms with Crippen molar-refractivity contribution in [3.8, 4) is 0 Å². The second-order valence-electron chi connectivity index (χ2n) is 6.62. The monoisotopic (exact) mass is 382 g/mol. The summed E-state index contributed by atoms with van der Waals surface area (Å²) in [5.74, 6) is 1.48. The molecule has 3 heterocycles. The molecule has 1 amide bonds. The lowest BCUT2D eigenvalue weighted by molar-refractivity contribution is 0.0935. The Morgan fingerprint density at radius 3 is 3.00 bits per heavy atom. The maximum Gasteiger partial charge on any atom is 0.252 e. The smallest absolute Gasteiger partial charge is 0.252 e. The average Bonchev–Trinajstić information content (AvgIpc) is 3.36. The molecule has 1 N–H and O–H groups in total. The summed E-state index contributed by atoms with van der Waals surface area (Å²) in [4.78, 5) is 13.9. The van der Waals surface area contributed by atoms with Crippen LogP contribution in [-0.4, -0.2) is 39.0 Å². The number of rotatable bonds is 6. The molecule has 1 aliphatic heterocycles. The van der Waals surface area contributed by atoms with E-state index < -0.39 is 0 Å². The molecule has 2 unspecified atom stereocenters. The Kier molecular flexibility index (Phi) is 5.40. The van der Waals surface area contributed by atoms with Gasteiger partial charge < -0.3 is 10.1 Å². The van der Waals surface area contributed by atoms with E-state index in [2.05, 4.69) is 15.5 Å². The first-order valence-corrected chi connectivity index (χ1v) is 10.1. The van der Waals surface area contributed by atoms with Crippen LogP contribution in [0.15, 0.2) is 53.6 Å². The Hall–Kier alpha value is -2.38. The van der Waals surface area contributed by atoms with E-state index in [0.29, 0.717) is 11.4 Å². The molecule has 3 aromatic rings. The van der Waals surface area contributed by atoms with Crippen LogP contribution in [0.5, 0.6) is 0 Å². The Morgan fingerprint density at radius 1 is 1.30 bits per heavy atom. The van der Waals surface area contributed by atoms with E-state index in [0.717, 1.165) is 35.7 Å². The fourth-order valence-electron chi connectivity index (χ4n) is 3.23. The van der Waals surface area contributed by atoms with Gasteiger partial charge in [0, 0.05) is 23.5 Å². The fourth-order valence-corrected chi connectivity index (χ4v) is 4.35. The summed E-state index contributed by atoms with van der Waals surface area (Å²) in [6.45, 7) is 2.76. The number of benzene rings is 1. The van der Waals surface area contributed by atoms with Gasteiger partial charge in [0.25, 0.3) is 5.91 Å². The maximum absolute atomic E-state index is 12.9. The minimum Gasteiger partial charge on any atom is -0.377 e. The molecule has 0 saturated carbocycles. The van der Waals surface area contributed by atoms with E-state index in [1.54, 1.807) is 11.8 Å². The number of thioether (sulfide) groups is 1. The summed E-state index contributed by atoms with van der Waals surface area (Å²) in [6, 6.07) is 13.2. The molecule has 1 aliphatic rings. The highest BCUT2D eigenvalue weighted by molar-refractivity contribution is 7.99. The lowest BCUT2D eigenvalue weighted by atomic mass is 10.2. The molecule has 27 heavy (non-hydrogen) atoms. The molecule has 0 radical (unpaired) electrons. The summed E-state index contributed by atoms with van der Waals surface area (Å²) in [6.07, 6.45) is 4.40. The fraction of sp³-hybridized carbons (Fsp3) is 0.350. The van der Waals surface area contributed by atoms with Gasteiger partial charge in [-0.05, 0) is 44.0 Å². The second kappa shape index (κ2) is 8.10. The molecule has 6 nitrogen and oxygen atoms in total. The molecule has 2 atom stereocenters. The number of carbonyl (C=O) groups is 1. The first-order chi connectivity index (χ1) is 13.2. The average molecular weight is 382 g/mol. The van der Waals surface area contributed by atoms with Crippen LogP contribution in [0.3, 0.4) is 0 Å². The van der Waals surface area contributed by atoms with Gasteiger partial charge in [0.15, 0.2) is 11.5 Å². The highest BCUT2D eigenvalue weighted by atomic mass is 32.2. The molecule has 0 aliphatic carbocycles. The topological polar surface area (TPSA) is 68.5 Å². The van der Waals surface area contributed by atoms with Crippen LogP contribution in [-0.2, 0) is 4.74 Å². The van der Waals surface area contributed by atoms with Gasteiger partial charge in [0.1, 0.15) is 0 Å². The van der Waals surface area contributed by atoms with Crippen LogP contribution in [0.4, 0.5) is 0 Å². The molecule has 7 heteroatoms. The van der Waals surface area contributed by atoms with Gasteiger partial charge in [-0.1, -0.05) is 18.2 Å². The molecule has 140 valence electrons. The number of ether oxygens (including phenoxy) is 1. The van der Waals surface area contributed by atoms with Gasteiger partial charge in [-0.2, -0.15) is 0 Å². The third-order valence-corrected chi connectivity index (χ3v) is 5.86. The quantitative estimate of drug-likeness (QED) is 0.661. The van der Waals surface area contributed by atoms with E-state index in [-0.39, 0.29) is 18.1 Å². The molecule has 1 aromatic carbocycles. The largest absolute Gasteiger partial charge is 0.377 e. The van der Waals surface area contributed by atoms with Crippen molar-refractivity contribution in [2.75, 3.05) is 12.4 Å². The highest BCUT2D eigenvalue weighted by Gasteiger charge is 2.20. The van der Waals surface area contributed by atoms with Crippen LogP contribution < -0.4 is 5.32 Å². The van der Waals surface area contributed by atoms with Gasteiger partial charge >= 0.3 is 0 Å². The van der Waals surface area contributed by atoms with E-state index in [4.69, 9.17) is 4.74 Å². The molecule has 4 rings (SSSR count). The molecule has 1 fully saturated rings. The number of amides is 1. The maximum atomic E-state index is 12.9. The first kappa shape index (κ1) is 18.0. The predicted octanol–water partition coefficient (Wildman–Crippen LogP) is 3.49. The number of nitrogens with one attached hydrogen (secondary N) is 1. The Labute approximate surface area is 162 Å². The van der Waals surface area contributed by atoms with Crippen molar-refractivity contribution in [2.45, 2.75) is 36.8 Å². The Bertz CT molecular complexity index is 936. The Balaban J connectivity index is 1.47. The van der Waals surface area contributed by atoms with Crippen LogP contribution in [0, 0.1) is 0 Å². The van der Waals surface area contributed by atoms with Gasteiger partial charge in [-0.25, -0.2) is 0 Å². The SMILES string of the molecule is CC(NC(=O)c1ccccc1SCC1CCCO1)c1nnc2ccccn12. The lowest BCUT2D eigenvalue weighted by Crippen LogP contribution is -2.28. The predicted molar refractivity (Wildman–Crippen MR) is 105 cm³/mol. The second-order valence-corrected chi connectivity index (χ2v) is 7.69. The van der Waals surface area contributed by atoms with Crippen LogP contribution in [0.2, 0.25) is 0 Å². The van der Waals surface area contributed by atoms with E-state index in [1.165, 1.54) is 0 Å². The molecule has 0 spiro atoms. The molecule has 1 saturated heterocycles. The van der Waals surface area contributed by atoms with Crippen molar-refractivity contribution in [3.63, 3.8) is 0 Å². The van der Waals surface area contributed by atoms with Gasteiger partial charge in [-0.15, -0.1) is 22.0 Å². The van der Waals surface area contributed by atoms with Crippen LogP contribution >= 0.6 is 11.8 Å². The number of aromatic nitrogens is 3. The van der Waals surface area contributed by atoms with Crippen molar-refractivity contribution in [2.24, 2.45) is 0 Å². The number of nitrogens with zero attached hydrogens (tertiary/aromatic N) is 3. The molecular weight excluding hydrogens is 360 g/mol. The number of hydrogen-bond donors (Lipinski definition) is 1. The van der Waals surface area contributed by atoms with E-state index in [9.17, 15) is 4.79 Å². The van der Waals surface area contributed by atoms with Gasteiger partial charge in [0.05, 0.1) is 17.7 Å². The third-order valence-electron chi connectivity index (χ3n) is 4.66. The summed E-state index contributed by atoms with van der Waals surface area (Å²) in [7, 11) is 0. The van der Waals surface area contributed by atoms with E-state index in [1.807, 2.05) is 60.0 Å². The van der Waals surface area contributed by atoms with Crippen molar-refractivity contribution in [1.29, 1.82) is 0 Å². The van der Waals surface area contributed by atoms with Crippen molar-refractivity contribution >= 4 is 23.3 Å². The molecule has 2 aromatic heterocycles. The molecular formula is C20H22N4O2S. The molecule has 0 bridgehead atoms. The number of carbonyl (C=O) groups excluding carboxylic acids is 1. The minimum absolute atomic E-state index is 0.106. The normalized spacial score (nSPS) is 17.9. The zero-order valence-electron chi connectivity index (χ0n) is 15.2. The summed E-state index contributed by atoms with van der Waals surface area (Å²) in [5, 5.41) is 11.4. The van der Waals surface area contributed by atoms with Crippen LogP contribution in [0.1, 0.15) is 42.0 Å². The number of hydrogen-bond acceptors (Lipinski definition) is 5. The van der Waals surface area contributed by atoms with E-state index >= 15 is 0 Å².